The van der Waals surface area contributed by atoms with Gasteiger partial charge in [-0.1, -0.05) is 5.92 Å². The van der Waals surface area contributed by atoms with E-state index < -0.39 is 0 Å². The molecule has 1 aromatic heterocycles. The second-order valence-corrected chi connectivity index (χ2v) is 3.85. The minimum Gasteiger partial charge on any atom is -0.324 e. The molecule has 1 unspecified atom stereocenters. The molecular formula is C12H12N2O. The number of carbonyl (C=O) groups excluding carboxylic acids is 1. The standard InChI is InChI=1S/C12H12N2O/c1-3-5-12(2)7-11(15)14-10-8-13-6-4-9(10)12/h4,6,8H,7H2,1-2H3,(H,14,15). The van der Waals surface area contributed by atoms with Crippen molar-refractivity contribution in [2.24, 2.45) is 0 Å². The lowest BCUT2D eigenvalue weighted by molar-refractivity contribution is -0.117. The topological polar surface area (TPSA) is 42.0 Å². The normalized spacial score (nSPS) is 23.5. The number of anilines is 1. The molecule has 1 N–H and O–H groups in total. The van der Waals surface area contributed by atoms with E-state index in [0.29, 0.717) is 6.42 Å². The van der Waals surface area contributed by atoms with Gasteiger partial charge < -0.3 is 5.32 Å². The molecule has 0 bridgehead atoms. The number of aromatic nitrogens is 1. The number of hydrogen-bond acceptors (Lipinski definition) is 2. The van der Waals surface area contributed by atoms with E-state index in [0.717, 1.165) is 11.3 Å². The summed E-state index contributed by atoms with van der Waals surface area (Å²) >= 11 is 0. The number of amides is 1. The molecule has 76 valence electrons. The quantitative estimate of drug-likeness (QED) is 0.648. The Morgan fingerprint density at radius 3 is 3.13 bits per heavy atom. The molecule has 0 aromatic carbocycles. The van der Waals surface area contributed by atoms with Crippen molar-refractivity contribution in [3.63, 3.8) is 0 Å². The number of pyridine rings is 1. The average Bonchev–Trinajstić information content (AvgIpc) is 2.17. The molecule has 1 amide bonds. The van der Waals surface area contributed by atoms with Gasteiger partial charge in [0.1, 0.15) is 0 Å². The van der Waals surface area contributed by atoms with Crippen LogP contribution in [0.15, 0.2) is 18.5 Å². The Labute approximate surface area is 88.9 Å². The van der Waals surface area contributed by atoms with Crippen molar-refractivity contribution in [1.82, 2.24) is 4.98 Å². The largest absolute Gasteiger partial charge is 0.324 e. The number of nitrogens with one attached hydrogen (secondary N) is 1. The van der Waals surface area contributed by atoms with Gasteiger partial charge in [0, 0.05) is 12.6 Å². The van der Waals surface area contributed by atoms with Crippen LogP contribution in [0.2, 0.25) is 0 Å². The van der Waals surface area contributed by atoms with E-state index in [4.69, 9.17) is 0 Å². The van der Waals surface area contributed by atoms with Gasteiger partial charge in [0.15, 0.2) is 0 Å². The lowest BCUT2D eigenvalue weighted by atomic mass is 9.77. The molecule has 0 aliphatic carbocycles. The first-order chi connectivity index (χ1) is 7.15. The maximum absolute atomic E-state index is 11.5. The summed E-state index contributed by atoms with van der Waals surface area (Å²) in [7, 11) is 0. The summed E-state index contributed by atoms with van der Waals surface area (Å²) < 4.78 is 0. The van der Waals surface area contributed by atoms with E-state index in [1.807, 2.05) is 13.0 Å². The van der Waals surface area contributed by atoms with Gasteiger partial charge in [0.2, 0.25) is 5.91 Å². The molecule has 0 saturated carbocycles. The Morgan fingerprint density at radius 1 is 1.60 bits per heavy atom. The van der Waals surface area contributed by atoms with E-state index in [9.17, 15) is 4.79 Å². The van der Waals surface area contributed by atoms with Gasteiger partial charge in [-0.15, -0.1) is 5.92 Å². The van der Waals surface area contributed by atoms with Crippen molar-refractivity contribution in [2.75, 3.05) is 5.32 Å². The first-order valence-electron chi connectivity index (χ1n) is 4.84. The summed E-state index contributed by atoms with van der Waals surface area (Å²) in [6.07, 6.45) is 3.80. The highest BCUT2D eigenvalue weighted by Crippen LogP contribution is 2.36. The molecule has 1 aromatic rings. The smallest absolute Gasteiger partial charge is 0.226 e. The predicted octanol–water partition coefficient (Wildman–Crippen LogP) is 1.70. The van der Waals surface area contributed by atoms with Crippen LogP contribution in [0.5, 0.6) is 0 Å². The zero-order chi connectivity index (χ0) is 10.9. The third-order valence-electron chi connectivity index (χ3n) is 2.60. The average molecular weight is 200 g/mol. The van der Waals surface area contributed by atoms with Crippen molar-refractivity contribution in [1.29, 1.82) is 0 Å². The zero-order valence-corrected chi connectivity index (χ0v) is 8.79. The molecule has 1 atom stereocenters. The summed E-state index contributed by atoms with van der Waals surface area (Å²) in [6.45, 7) is 3.78. The van der Waals surface area contributed by atoms with E-state index in [2.05, 4.69) is 22.1 Å². The Bertz CT molecular complexity index is 470. The third kappa shape index (κ3) is 1.59. The minimum atomic E-state index is -0.380. The fraction of sp³-hybridized carbons (Fsp3) is 0.333. The lowest BCUT2D eigenvalue weighted by Gasteiger charge is -2.30. The van der Waals surface area contributed by atoms with Gasteiger partial charge in [-0.25, -0.2) is 0 Å². The molecule has 0 fully saturated rings. The summed E-state index contributed by atoms with van der Waals surface area (Å²) in [4.78, 5) is 15.5. The Morgan fingerprint density at radius 2 is 2.40 bits per heavy atom. The molecule has 0 spiro atoms. The van der Waals surface area contributed by atoms with E-state index >= 15 is 0 Å². The van der Waals surface area contributed by atoms with Crippen LogP contribution in [0.3, 0.4) is 0 Å². The number of nitrogens with zero attached hydrogens (tertiary/aromatic N) is 1. The molecule has 1 aliphatic heterocycles. The van der Waals surface area contributed by atoms with Gasteiger partial charge >= 0.3 is 0 Å². The molecule has 2 heterocycles. The lowest BCUT2D eigenvalue weighted by Crippen LogP contribution is -2.33. The van der Waals surface area contributed by atoms with Crippen molar-refractivity contribution in [2.45, 2.75) is 25.7 Å². The summed E-state index contributed by atoms with van der Waals surface area (Å²) in [5, 5.41) is 2.80. The summed E-state index contributed by atoms with van der Waals surface area (Å²) in [5.41, 5.74) is 1.44. The van der Waals surface area contributed by atoms with Crippen LogP contribution in [0.4, 0.5) is 5.69 Å². The Balaban J connectivity index is 2.59. The number of rotatable bonds is 0. The minimum absolute atomic E-state index is 0.000694. The fourth-order valence-corrected chi connectivity index (χ4v) is 1.97. The molecular weight excluding hydrogens is 188 g/mol. The SMILES string of the molecule is CC#CC1(C)CC(=O)Nc2cnccc21. The highest BCUT2D eigenvalue weighted by Gasteiger charge is 2.34. The predicted molar refractivity (Wildman–Crippen MR) is 58.3 cm³/mol. The monoisotopic (exact) mass is 200 g/mol. The summed E-state index contributed by atoms with van der Waals surface area (Å²) in [5.74, 6) is 6.00. The molecule has 15 heavy (non-hydrogen) atoms. The van der Waals surface area contributed by atoms with Crippen LogP contribution in [0, 0.1) is 11.8 Å². The second kappa shape index (κ2) is 3.39. The number of hydrogen-bond donors (Lipinski definition) is 1. The van der Waals surface area contributed by atoms with E-state index in [1.165, 1.54) is 0 Å². The summed E-state index contributed by atoms with van der Waals surface area (Å²) in [6, 6.07) is 1.92. The van der Waals surface area contributed by atoms with Crippen molar-refractivity contribution < 1.29 is 4.79 Å². The first-order valence-corrected chi connectivity index (χ1v) is 4.84. The second-order valence-electron chi connectivity index (χ2n) is 3.85. The zero-order valence-electron chi connectivity index (χ0n) is 8.79. The van der Waals surface area contributed by atoms with E-state index in [-0.39, 0.29) is 11.3 Å². The number of fused-ring (bicyclic) bond motifs is 1. The van der Waals surface area contributed by atoms with E-state index in [1.54, 1.807) is 19.3 Å². The maximum atomic E-state index is 11.5. The van der Waals surface area contributed by atoms with Crippen LogP contribution in [-0.4, -0.2) is 10.9 Å². The van der Waals surface area contributed by atoms with Gasteiger partial charge in [0.05, 0.1) is 17.3 Å². The first kappa shape index (κ1) is 9.72. The highest BCUT2D eigenvalue weighted by atomic mass is 16.1. The fourth-order valence-electron chi connectivity index (χ4n) is 1.97. The third-order valence-corrected chi connectivity index (χ3v) is 2.60. The number of carbonyl (C=O) groups is 1. The Kier molecular flexibility index (Phi) is 2.20. The van der Waals surface area contributed by atoms with Gasteiger partial charge in [-0.2, -0.15) is 0 Å². The molecule has 0 saturated heterocycles. The van der Waals surface area contributed by atoms with Gasteiger partial charge in [-0.05, 0) is 25.5 Å². The molecule has 0 radical (unpaired) electrons. The molecule has 3 nitrogen and oxygen atoms in total. The Hall–Kier alpha value is -1.82. The van der Waals surface area contributed by atoms with Crippen LogP contribution in [0.25, 0.3) is 0 Å². The van der Waals surface area contributed by atoms with Crippen LogP contribution >= 0.6 is 0 Å². The van der Waals surface area contributed by atoms with Crippen molar-refractivity contribution in [3.8, 4) is 11.8 Å². The van der Waals surface area contributed by atoms with Crippen molar-refractivity contribution in [3.05, 3.63) is 24.0 Å². The highest BCUT2D eigenvalue weighted by molar-refractivity contribution is 5.96. The van der Waals surface area contributed by atoms with Crippen molar-refractivity contribution >= 4 is 11.6 Å². The molecule has 1 aliphatic rings. The van der Waals surface area contributed by atoms with Gasteiger partial charge in [0.25, 0.3) is 0 Å². The van der Waals surface area contributed by atoms with Crippen LogP contribution < -0.4 is 5.32 Å². The van der Waals surface area contributed by atoms with Crippen LogP contribution in [0.1, 0.15) is 25.8 Å². The van der Waals surface area contributed by atoms with Crippen LogP contribution in [-0.2, 0) is 10.2 Å². The maximum Gasteiger partial charge on any atom is 0.226 e. The molecule has 2 rings (SSSR count). The molecule has 3 heteroatoms. The van der Waals surface area contributed by atoms with Gasteiger partial charge in [-0.3, -0.25) is 9.78 Å².